The van der Waals surface area contributed by atoms with Crippen LogP contribution in [0.2, 0.25) is 0 Å². The summed E-state index contributed by atoms with van der Waals surface area (Å²) in [6.07, 6.45) is 1.70. The standard InChI is InChI=1S/C8H13AsN2O2/c1-8(12-2,13-3)6-4-5-10-7(9)11-6/h4-5H,9H2,1-3H3. The fourth-order valence-corrected chi connectivity index (χ4v) is 1.39. The number of hydrogen-bond acceptors (Lipinski definition) is 4. The Kier molecular flexibility index (Phi) is 3.42. The molecule has 0 bridgehead atoms. The van der Waals surface area contributed by atoms with Gasteiger partial charge in [0.25, 0.3) is 0 Å². The fourth-order valence-electron chi connectivity index (χ4n) is 0.919. The normalized spacial score (nSPS) is 11.7. The second kappa shape index (κ2) is 4.18. The van der Waals surface area contributed by atoms with Crippen LogP contribution in [0.1, 0.15) is 12.6 Å². The minimum absolute atomic E-state index is 0.742. The second-order valence-electron chi connectivity index (χ2n) is 2.65. The van der Waals surface area contributed by atoms with Crippen LogP contribution < -0.4 is 4.61 Å². The first-order valence-corrected chi connectivity index (χ1v) is 5.03. The van der Waals surface area contributed by atoms with Crippen molar-refractivity contribution in [1.82, 2.24) is 9.97 Å². The number of ether oxygens (including phenoxy) is 2. The molecule has 4 nitrogen and oxygen atoms in total. The molecule has 72 valence electrons. The Hall–Kier alpha value is -0.442. The monoisotopic (exact) mass is 244 g/mol. The molecule has 1 aromatic rings. The van der Waals surface area contributed by atoms with E-state index in [2.05, 4.69) is 9.97 Å². The predicted molar refractivity (Wildman–Crippen MR) is 51.6 cm³/mol. The molecule has 0 fully saturated rings. The van der Waals surface area contributed by atoms with Gasteiger partial charge in [0.15, 0.2) is 0 Å². The van der Waals surface area contributed by atoms with E-state index in [1.165, 1.54) is 16.9 Å². The van der Waals surface area contributed by atoms with E-state index < -0.39 is 5.79 Å². The van der Waals surface area contributed by atoms with Gasteiger partial charge in [-0.25, -0.2) is 0 Å². The van der Waals surface area contributed by atoms with Gasteiger partial charge in [0.2, 0.25) is 0 Å². The van der Waals surface area contributed by atoms with Crippen molar-refractivity contribution in [1.29, 1.82) is 0 Å². The summed E-state index contributed by atoms with van der Waals surface area (Å²) in [6, 6.07) is 1.79. The number of aromatic nitrogens is 2. The Morgan fingerprint density at radius 2 is 2.00 bits per heavy atom. The number of methoxy groups -OCH3 is 2. The van der Waals surface area contributed by atoms with Crippen molar-refractivity contribution in [2.24, 2.45) is 0 Å². The van der Waals surface area contributed by atoms with Crippen molar-refractivity contribution in [3.63, 3.8) is 0 Å². The van der Waals surface area contributed by atoms with Crippen molar-refractivity contribution in [3.05, 3.63) is 18.0 Å². The van der Waals surface area contributed by atoms with Crippen molar-refractivity contribution in [3.8, 4) is 0 Å². The van der Waals surface area contributed by atoms with Crippen LogP contribution in [0.4, 0.5) is 0 Å². The first-order chi connectivity index (χ1) is 6.12. The summed E-state index contributed by atoms with van der Waals surface area (Å²) in [7, 11) is 3.18. The summed E-state index contributed by atoms with van der Waals surface area (Å²) in [6.45, 7) is 1.82. The molecule has 1 atom stereocenters. The average Bonchev–Trinajstić information content (AvgIpc) is 2.17. The Balaban J connectivity index is 3.05. The van der Waals surface area contributed by atoms with Crippen LogP contribution in [0, 0.1) is 0 Å². The third kappa shape index (κ3) is 2.27. The molecule has 0 aliphatic heterocycles. The molecule has 0 aliphatic carbocycles. The van der Waals surface area contributed by atoms with E-state index in [4.69, 9.17) is 9.47 Å². The van der Waals surface area contributed by atoms with E-state index >= 15 is 0 Å². The van der Waals surface area contributed by atoms with Gasteiger partial charge in [-0.2, -0.15) is 0 Å². The van der Waals surface area contributed by atoms with Crippen LogP contribution in [-0.4, -0.2) is 41.0 Å². The van der Waals surface area contributed by atoms with Gasteiger partial charge >= 0.3 is 85.8 Å². The molecular weight excluding hydrogens is 231 g/mol. The van der Waals surface area contributed by atoms with E-state index in [0.29, 0.717) is 0 Å². The summed E-state index contributed by atoms with van der Waals surface area (Å²) in [5.41, 5.74) is 0.742. The Labute approximate surface area is 86.2 Å². The first-order valence-electron chi connectivity index (χ1n) is 3.81. The van der Waals surface area contributed by atoms with Gasteiger partial charge in [0, 0.05) is 0 Å². The summed E-state index contributed by atoms with van der Waals surface area (Å²) >= 11 is 1.38. The van der Waals surface area contributed by atoms with E-state index in [1.54, 1.807) is 26.5 Å². The molecule has 0 spiro atoms. The predicted octanol–water partition coefficient (Wildman–Crippen LogP) is -0.800. The molecule has 0 radical (unpaired) electrons. The maximum absolute atomic E-state index is 5.22. The van der Waals surface area contributed by atoms with Gasteiger partial charge in [-0.1, -0.05) is 0 Å². The van der Waals surface area contributed by atoms with E-state index in [1.807, 2.05) is 6.92 Å². The van der Waals surface area contributed by atoms with Crippen molar-refractivity contribution in [2.45, 2.75) is 12.7 Å². The van der Waals surface area contributed by atoms with Crippen LogP contribution >= 0.6 is 0 Å². The minimum atomic E-state index is -0.774. The van der Waals surface area contributed by atoms with Gasteiger partial charge in [0.1, 0.15) is 0 Å². The molecule has 0 aliphatic rings. The van der Waals surface area contributed by atoms with Crippen LogP contribution in [0.25, 0.3) is 0 Å². The van der Waals surface area contributed by atoms with Gasteiger partial charge in [-0.3, -0.25) is 0 Å². The third-order valence-corrected chi connectivity index (χ3v) is 2.50. The van der Waals surface area contributed by atoms with E-state index in [0.717, 1.165) is 10.3 Å². The van der Waals surface area contributed by atoms with Crippen molar-refractivity contribution >= 4 is 21.5 Å². The molecule has 1 aromatic heterocycles. The zero-order chi connectivity index (χ0) is 9.90. The van der Waals surface area contributed by atoms with E-state index in [-0.39, 0.29) is 0 Å². The zero-order valence-electron chi connectivity index (χ0n) is 7.94. The van der Waals surface area contributed by atoms with Crippen LogP contribution in [0.3, 0.4) is 0 Å². The molecule has 13 heavy (non-hydrogen) atoms. The SMILES string of the molecule is COC(C)(OC)c1ccnc([AsH2])n1. The summed E-state index contributed by atoms with van der Waals surface area (Å²) in [4.78, 5) is 8.28. The van der Waals surface area contributed by atoms with E-state index in [9.17, 15) is 0 Å². The van der Waals surface area contributed by atoms with Crippen molar-refractivity contribution < 1.29 is 9.47 Å². The molecule has 1 rings (SSSR count). The Morgan fingerprint density at radius 3 is 2.46 bits per heavy atom. The van der Waals surface area contributed by atoms with Crippen LogP contribution in [0.5, 0.6) is 0 Å². The molecule has 0 saturated heterocycles. The summed E-state index contributed by atoms with van der Waals surface area (Å²) in [5.74, 6) is -0.774. The Bertz CT molecular complexity index is 289. The van der Waals surface area contributed by atoms with Crippen LogP contribution in [-0.2, 0) is 15.3 Å². The number of hydrogen-bond donors (Lipinski definition) is 0. The van der Waals surface area contributed by atoms with Crippen LogP contribution in [0.15, 0.2) is 12.3 Å². The van der Waals surface area contributed by atoms with Gasteiger partial charge in [-0.15, -0.1) is 0 Å². The first kappa shape index (κ1) is 10.6. The van der Waals surface area contributed by atoms with Gasteiger partial charge in [0.05, 0.1) is 0 Å². The molecule has 1 unspecified atom stereocenters. The zero-order valence-corrected chi connectivity index (χ0v) is 10.4. The molecule has 0 aromatic carbocycles. The van der Waals surface area contributed by atoms with Gasteiger partial charge in [-0.05, 0) is 0 Å². The quantitative estimate of drug-likeness (QED) is 0.516. The molecule has 0 saturated carbocycles. The number of nitrogens with zero attached hydrogens (tertiary/aromatic N) is 2. The molecular formula is C8H13AsN2O2. The van der Waals surface area contributed by atoms with Gasteiger partial charge < -0.3 is 0 Å². The third-order valence-electron chi connectivity index (χ3n) is 1.92. The fraction of sp³-hybridized carbons (Fsp3) is 0.500. The topological polar surface area (TPSA) is 44.2 Å². The summed E-state index contributed by atoms with van der Waals surface area (Å²) < 4.78 is 11.2. The second-order valence-corrected chi connectivity index (χ2v) is 3.74. The Morgan fingerprint density at radius 1 is 1.38 bits per heavy atom. The molecule has 0 amide bonds. The number of rotatable bonds is 3. The van der Waals surface area contributed by atoms with Crippen molar-refractivity contribution in [2.75, 3.05) is 14.2 Å². The summed E-state index contributed by atoms with van der Waals surface area (Å²) in [5, 5.41) is 0. The molecule has 5 heteroatoms. The maximum atomic E-state index is 5.22. The molecule has 1 heterocycles. The molecule has 0 N–H and O–H groups in total. The average molecular weight is 244 g/mol.